The Balaban J connectivity index is 1.37. The molecule has 1 fully saturated rings. The number of nitrogens with one attached hydrogen (secondary N) is 1. The van der Waals surface area contributed by atoms with E-state index in [1.807, 2.05) is 42.5 Å². The summed E-state index contributed by atoms with van der Waals surface area (Å²) < 4.78 is 5.82. The van der Waals surface area contributed by atoms with E-state index >= 15 is 0 Å². The molecule has 1 aromatic heterocycles. The van der Waals surface area contributed by atoms with Gasteiger partial charge in [-0.05, 0) is 49.1 Å². The molecule has 6 heteroatoms. The minimum absolute atomic E-state index is 0.558. The van der Waals surface area contributed by atoms with Crippen LogP contribution in [-0.2, 0) is 6.61 Å². The number of piperidine rings is 1. The number of aromatic nitrogens is 3. The summed E-state index contributed by atoms with van der Waals surface area (Å²) >= 11 is 0. The van der Waals surface area contributed by atoms with Crippen LogP contribution >= 0.6 is 0 Å². The van der Waals surface area contributed by atoms with Crippen molar-refractivity contribution in [3.05, 3.63) is 66.4 Å². The Morgan fingerprint density at radius 3 is 2.48 bits per heavy atom. The van der Waals surface area contributed by atoms with Crippen LogP contribution in [0.1, 0.15) is 24.8 Å². The van der Waals surface area contributed by atoms with Gasteiger partial charge in [0.25, 0.3) is 0 Å². The van der Waals surface area contributed by atoms with Crippen LogP contribution < -0.4 is 15.0 Å². The number of benzene rings is 2. The number of nitrogens with zero attached hydrogens (tertiary/aromatic N) is 4. The Morgan fingerprint density at radius 1 is 0.926 bits per heavy atom. The summed E-state index contributed by atoms with van der Waals surface area (Å²) in [5.41, 5.74) is 2.09. The molecule has 6 nitrogen and oxygen atoms in total. The third-order valence-electron chi connectivity index (χ3n) is 4.56. The summed E-state index contributed by atoms with van der Waals surface area (Å²) in [4.78, 5) is 6.80. The van der Waals surface area contributed by atoms with Crippen molar-refractivity contribution in [2.24, 2.45) is 0 Å². The number of rotatable bonds is 6. The summed E-state index contributed by atoms with van der Waals surface area (Å²) in [7, 11) is 0. The summed E-state index contributed by atoms with van der Waals surface area (Å²) in [6, 6.07) is 18.0. The van der Waals surface area contributed by atoms with Gasteiger partial charge in [0.1, 0.15) is 12.4 Å². The van der Waals surface area contributed by atoms with Gasteiger partial charge in [-0.1, -0.05) is 30.3 Å². The van der Waals surface area contributed by atoms with E-state index in [1.165, 1.54) is 19.3 Å². The summed E-state index contributed by atoms with van der Waals surface area (Å²) in [5, 5.41) is 11.6. The van der Waals surface area contributed by atoms with E-state index in [2.05, 4.69) is 37.5 Å². The van der Waals surface area contributed by atoms with Gasteiger partial charge in [-0.15, -0.1) is 5.10 Å². The molecule has 4 rings (SSSR count). The Labute approximate surface area is 159 Å². The van der Waals surface area contributed by atoms with Crippen molar-refractivity contribution in [1.82, 2.24) is 15.2 Å². The zero-order valence-corrected chi connectivity index (χ0v) is 15.2. The highest BCUT2D eigenvalue weighted by molar-refractivity contribution is 5.57. The van der Waals surface area contributed by atoms with E-state index < -0.39 is 0 Å². The standard InChI is InChI=1S/C21H23N5O/c1-3-7-17(8-4-1)16-27-19-11-9-18(10-12-19)23-20-15-22-25-21(24-20)26-13-5-2-6-14-26/h1,3-4,7-12,15H,2,5-6,13-14,16H2,(H,23,24,25). The van der Waals surface area contributed by atoms with Crippen molar-refractivity contribution >= 4 is 17.5 Å². The van der Waals surface area contributed by atoms with E-state index in [4.69, 9.17) is 4.74 Å². The Bertz CT molecular complexity index is 848. The lowest BCUT2D eigenvalue weighted by molar-refractivity contribution is 0.306. The molecule has 0 aliphatic carbocycles. The Morgan fingerprint density at radius 2 is 1.70 bits per heavy atom. The van der Waals surface area contributed by atoms with Crippen LogP contribution in [0.15, 0.2) is 60.8 Å². The molecule has 1 aliphatic heterocycles. The van der Waals surface area contributed by atoms with Gasteiger partial charge in [0.2, 0.25) is 5.95 Å². The zero-order chi connectivity index (χ0) is 18.3. The van der Waals surface area contributed by atoms with Gasteiger partial charge in [0, 0.05) is 18.8 Å². The van der Waals surface area contributed by atoms with Crippen LogP contribution in [0.2, 0.25) is 0 Å². The van der Waals surface area contributed by atoms with Crippen molar-refractivity contribution in [2.75, 3.05) is 23.3 Å². The third-order valence-corrected chi connectivity index (χ3v) is 4.56. The fraction of sp³-hybridized carbons (Fsp3) is 0.286. The van der Waals surface area contributed by atoms with Crippen LogP contribution in [0.4, 0.5) is 17.5 Å². The largest absolute Gasteiger partial charge is 0.489 e. The maximum absolute atomic E-state index is 5.82. The first kappa shape index (κ1) is 17.3. The molecule has 27 heavy (non-hydrogen) atoms. The highest BCUT2D eigenvalue weighted by Crippen LogP contribution is 2.21. The topological polar surface area (TPSA) is 63.2 Å². The quantitative estimate of drug-likeness (QED) is 0.710. The zero-order valence-electron chi connectivity index (χ0n) is 15.2. The minimum atomic E-state index is 0.558. The van der Waals surface area contributed by atoms with Gasteiger partial charge in [-0.2, -0.15) is 10.1 Å². The molecule has 1 aliphatic rings. The van der Waals surface area contributed by atoms with Crippen molar-refractivity contribution < 1.29 is 4.74 Å². The van der Waals surface area contributed by atoms with Gasteiger partial charge >= 0.3 is 0 Å². The second kappa shape index (κ2) is 8.49. The monoisotopic (exact) mass is 361 g/mol. The molecule has 0 atom stereocenters. The lowest BCUT2D eigenvalue weighted by Gasteiger charge is -2.26. The summed E-state index contributed by atoms with van der Waals surface area (Å²) in [6.45, 7) is 2.56. The highest BCUT2D eigenvalue weighted by atomic mass is 16.5. The maximum atomic E-state index is 5.82. The Kier molecular flexibility index (Phi) is 5.43. The average Bonchev–Trinajstić information content (AvgIpc) is 2.75. The highest BCUT2D eigenvalue weighted by Gasteiger charge is 2.14. The molecule has 3 aromatic rings. The Hall–Kier alpha value is -3.15. The molecule has 0 radical (unpaired) electrons. The minimum Gasteiger partial charge on any atom is -0.489 e. The first-order valence-corrected chi connectivity index (χ1v) is 9.35. The molecule has 0 amide bonds. The molecule has 0 unspecified atom stereocenters. The molecule has 138 valence electrons. The van der Waals surface area contributed by atoms with E-state index in [1.54, 1.807) is 6.20 Å². The lowest BCUT2D eigenvalue weighted by Crippen LogP contribution is -2.31. The SMILES string of the molecule is c1ccc(COc2ccc(Nc3cnnc(N4CCCCC4)n3)cc2)cc1. The lowest BCUT2D eigenvalue weighted by atomic mass is 10.1. The van der Waals surface area contributed by atoms with Crippen LogP contribution in [0, 0.1) is 0 Å². The predicted octanol–water partition coefficient (Wildman–Crippen LogP) is 4.18. The molecule has 2 heterocycles. The number of hydrogen-bond acceptors (Lipinski definition) is 6. The number of anilines is 3. The van der Waals surface area contributed by atoms with Crippen molar-refractivity contribution in [1.29, 1.82) is 0 Å². The maximum Gasteiger partial charge on any atom is 0.247 e. The van der Waals surface area contributed by atoms with E-state index in [-0.39, 0.29) is 0 Å². The molecule has 0 spiro atoms. The molecular formula is C21H23N5O. The average molecular weight is 361 g/mol. The second-order valence-corrected chi connectivity index (χ2v) is 6.61. The van der Waals surface area contributed by atoms with Gasteiger partial charge < -0.3 is 15.0 Å². The van der Waals surface area contributed by atoms with Crippen LogP contribution in [-0.4, -0.2) is 28.3 Å². The van der Waals surface area contributed by atoms with Gasteiger partial charge in [0.05, 0.1) is 6.20 Å². The molecule has 0 saturated carbocycles. The smallest absolute Gasteiger partial charge is 0.247 e. The number of ether oxygens (including phenoxy) is 1. The van der Waals surface area contributed by atoms with E-state index in [0.717, 1.165) is 30.1 Å². The van der Waals surface area contributed by atoms with E-state index in [9.17, 15) is 0 Å². The molecule has 0 bridgehead atoms. The fourth-order valence-corrected chi connectivity index (χ4v) is 3.11. The van der Waals surface area contributed by atoms with Crippen LogP contribution in [0.25, 0.3) is 0 Å². The first-order valence-electron chi connectivity index (χ1n) is 9.35. The van der Waals surface area contributed by atoms with Gasteiger partial charge in [-0.3, -0.25) is 0 Å². The third kappa shape index (κ3) is 4.73. The molecule has 2 aromatic carbocycles. The normalized spacial score (nSPS) is 14.0. The van der Waals surface area contributed by atoms with Gasteiger partial charge in [-0.25, -0.2) is 0 Å². The van der Waals surface area contributed by atoms with Gasteiger partial charge in [0.15, 0.2) is 5.82 Å². The molecular weight excluding hydrogens is 338 g/mol. The number of hydrogen-bond donors (Lipinski definition) is 1. The predicted molar refractivity (Wildman–Crippen MR) is 106 cm³/mol. The van der Waals surface area contributed by atoms with Crippen LogP contribution in [0.3, 0.4) is 0 Å². The van der Waals surface area contributed by atoms with Crippen molar-refractivity contribution in [3.63, 3.8) is 0 Å². The van der Waals surface area contributed by atoms with Crippen molar-refractivity contribution in [3.8, 4) is 5.75 Å². The van der Waals surface area contributed by atoms with E-state index in [0.29, 0.717) is 18.4 Å². The summed E-state index contributed by atoms with van der Waals surface area (Å²) in [6.07, 6.45) is 5.30. The molecule has 1 N–H and O–H groups in total. The first-order chi connectivity index (χ1) is 13.4. The van der Waals surface area contributed by atoms with Crippen molar-refractivity contribution in [2.45, 2.75) is 25.9 Å². The second-order valence-electron chi connectivity index (χ2n) is 6.61. The van der Waals surface area contributed by atoms with Crippen LogP contribution in [0.5, 0.6) is 5.75 Å². The summed E-state index contributed by atoms with van der Waals surface area (Å²) in [5.74, 6) is 2.23. The fourth-order valence-electron chi connectivity index (χ4n) is 3.11. The molecule has 1 saturated heterocycles.